The normalized spacial score (nSPS) is 19.9. The summed E-state index contributed by atoms with van der Waals surface area (Å²) in [6.07, 6.45) is 1.11. The van der Waals surface area contributed by atoms with Crippen LogP contribution in [0.1, 0.15) is 24.9 Å². The Balaban J connectivity index is 2.23. The smallest absolute Gasteiger partial charge is 0.308 e. The van der Waals surface area contributed by atoms with Gasteiger partial charge in [0.05, 0.1) is 0 Å². The summed E-state index contributed by atoms with van der Waals surface area (Å²) in [5, 5.41) is 3.28. The van der Waals surface area contributed by atoms with Gasteiger partial charge >= 0.3 is 5.97 Å². The molecule has 1 aromatic carbocycles. The molecule has 1 aliphatic heterocycles. The van der Waals surface area contributed by atoms with Gasteiger partial charge < -0.3 is 10.1 Å². The first-order valence-corrected chi connectivity index (χ1v) is 4.78. The summed E-state index contributed by atoms with van der Waals surface area (Å²) in [4.78, 5) is 10.9. The summed E-state index contributed by atoms with van der Waals surface area (Å²) in [5.74, 6) is 0.411. The van der Waals surface area contributed by atoms with Gasteiger partial charge in [0.15, 0.2) is 0 Å². The Bertz CT molecular complexity index is 345. The van der Waals surface area contributed by atoms with E-state index >= 15 is 0 Å². The lowest BCUT2D eigenvalue weighted by Crippen LogP contribution is -2.35. The van der Waals surface area contributed by atoms with Gasteiger partial charge in [0, 0.05) is 18.5 Å². The maximum Gasteiger partial charge on any atom is 0.308 e. The zero-order valence-corrected chi connectivity index (χ0v) is 8.12. The monoisotopic (exact) mass is 191 g/mol. The molecule has 0 spiro atoms. The lowest BCUT2D eigenvalue weighted by Gasteiger charge is -2.29. The fraction of sp³-hybridized carbons (Fsp3) is 0.364. The highest BCUT2D eigenvalue weighted by Gasteiger charge is 2.21. The third kappa shape index (κ3) is 1.77. The van der Waals surface area contributed by atoms with Crippen LogP contribution in [0.15, 0.2) is 24.3 Å². The summed E-state index contributed by atoms with van der Waals surface area (Å²) in [6.45, 7) is 2.46. The highest BCUT2D eigenvalue weighted by Crippen LogP contribution is 2.30. The minimum Gasteiger partial charge on any atom is -0.426 e. The predicted octanol–water partition coefficient (Wildman–Crippen LogP) is 1.65. The van der Waals surface area contributed by atoms with Gasteiger partial charge in [0.2, 0.25) is 0 Å². The number of para-hydroxylation sites is 1. The van der Waals surface area contributed by atoms with E-state index in [9.17, 15) is 4.79 Å². The maximum absolute atomic E-state index is 10.9. The lowest BCUT2D eigenvalue weighted by molar-refractivity contribution is -0.131. The molecule has 1 aliphatic rings. The molecule has 3 nitrogen and oxygen atoms in total. The molecule has 1 atom stereocenters. The van der Waals surface area contributed by atoms with Crippen molar-refractivity contribution in [3.63, 3.8) is 0 Å². The average molecular weight is 191 g/mol. The second-order valence-corrected chi connectivity index (χ2v) is 3.43. The van der Waals surface area contributed by atoms with Gasteiger partial charge in [0.1, 0.15) is 5.75 Å². The largest absolute Gasteiger partial charge is 0.426 e. The summed E-state index contributed by atoms with van der Waals surface area (Å²) in [6, 6.07) is 8.01. The number of nitrogens with one attached hydrogen (secondary N) is 1. The van der Waals surface area contributed by atoms with Gasteiger partial charge in [-0.1, -0.05) is 18.2 Å². The van der Waals surface area contributed by atoms with E-state index in [4.69, 9.17) is 4.74 Å². The molecule has 74 valence electrons. The number of ether oxygens (including phenoxy) is 1. The fourth-order valence-electron chi connectivity index (χ4n) is 1.57. The number of rotatable bonds is 2. The summed E-state index contributed by atoms with van der Waals surface area (Å²) in [5.41, 5.74) is 1.08. The van der Waals surface area contributed by atoms with E-state index < -0.39 is 0 Å². The summed E-state index contributed by atoms with van der Waals surface area (Å²) >= 11 is 0. The Kier molecular flexibility index (Phi) is 2.50. The molecule has 14 heavy (non-hydrogen) atoms. The first-order valence-electron chi connectivity index (χ1n) is 4.78. The van der Waals surface area contributed by atoms with E-state index in [1.165, 1.54) is 6.92 Å². The Hall–Kier alpha value is -1.35. The van der Waals surface area contributed by atoms with Crippen LogP contribution in [0.3, 0.4) is 0 Å². The molecule has 0 saturated carbocycles. The molecule has 0 radical (unpaired) electrons. The van der Waals surface area contributed by atoms with E-state index in [2.05, 4.69) is 5.32 Å². The van der Waals surface area contributed by atoms with Gasteiger partial charge in [-0.25, -0.2) is 0 Å². The van der Waals surface area contributed by atoms with E-state index in [0.717, 1.165) is 18.5 Å². The third-order valence-corrected chi connectivity index (χ3v) is 2.37. The van der Waals surface area contributed by atoms with Crippen LogP contribution in [0.4, 0.5) is 0 Å². The Morgan fingerprint density at radius 1 is 1.50 bits per heavy atom. The molecule has 0 unspecified atom stereocenters. The van der Waals surface area contributed by atoms with Crippen molar-refractivity contribution < 1.29 is 9.53 Å². The quantitative estimate of drug-likeness (QED) is 0.570. The third-order valence-electron chi connectivity index (χ3n) is 2.37. The zero-order valence-electron chi connectivity index (χ0n) is 8.12. The fourth-order valence-corrected chi connectivity index (χ4v) is 1.57. The number of carbonyl (C=O) groups is 1. The van der Waals surface area contributed by atoms with Crippen molar-refractivity contribution in [2.45, 2.75) is 19.4 Å². The molecule has 0 bridgehead atoms. The van der Waals surface area contributed by atoms with Crippen molar-refractivity contribution in [1.82, 2.24) is 5.32 Å². The van der Waals surface area contributed by atoms with Crippen LogP contribution in [-0.4, -0.2) is 12.5 Å². The first-order chi connectivity index (χ1) is 6.77. The molecule has 1 saturated heterocycles. The van der Waals surface area contributed by atoms with Crippen molar-refractivity contribution in [2.24, 2.45) is 0 Å². The highest BCUT2D eigenvalue weighted by molar-refractivity contribution is 5.69. The first kappa shape index (κ1) is 9.21. The predicted molar refractivity (Wildman–Crippen MR) is 53.1 cm³/mol. The number of benzene rings is 1. The molecule has 3 heteroatoms. The van der Waals surface area contributed by atoms with Crippen LogP contribution in [0, 0.1) is 0 Å². The van der Waals surface area contributed by atoms with Crippen LogP contribution in [0.25, 0.3) is 0 Å². The van der Waals surface area contributed by atoms with Gasteiger partial charge in [-0.15, -0.1) is 0 Å². The molecule has 1 fully saturated rings. The van der Waals surface area contributed by atoms with Crippen molar-refractivity contribution in [3.05, 3.63) is 29.8 Å². The molecule has 1 aromatic rings. The Morgan fingerprint density at radius 3 is 2.79 bits per heavy atom. The van der Waals surface area contributed by atoms with Gasteiger partial charge in [-0.2, -0.15) is 0 Å². The SMILES string of the molecule is CC(=O)Oc1ccccc1[C@@H]1CCN1. The van der Waals surface area contributed by atoms with Crippen molar-refractivity contribution in [3.8, 4) is 5.75 Å². The molecular weight excluding hydrogens is 178 g/mol. The molecule has 0 aromatic heterocycles. The van der Waals surface area contributed by atoms with Crippen LogP contribution in [0.2, 0.25) is 0 Å². The number of esters is 1. The van der Waals surface area contributed by atoms with Crippen molar-refractivity contribution in [2.75, 3.05) is 6.54 Å². The molecule has 0 aliphatic carbocycles. The lowest BCUT2D eigenvalue weighted by atomic mass is 9.97. The molecular formula is C11H13NO2. The molecule has 1 heterocycles. The van der Waals surface area contributed by atoms with Gasteiger partial charge in [-0.3, -0.25) is 4.79 Å². The zero-order chi connectivity index (χ0) is 9.97. The van der Waals surface area contributed by atoms with E-state index in [1.54, 1.807) is 0 Å². The number of hydrogen-bond acceptors (Lipinski definition) is 3. The number of carbonyl (C=O) groups excluding carboxylic acids is 1. The van der Waals surface area contributed by atoms with Crippen molar-refractivity contribution >= 4 is 5.97 Å². The van der Waals surface area contributed by atoms with Crippen molar-refractivity contribution in [1.29, 1.82) is 0 Å². The molecule has 1 N–H and O–H groups in total. The Morgan fingerprint density at radius 2 is 2.21 bits per heavy atom. The summed E-state index contributed by atoms with van der Waals surface area (Å²) in [7, 11) is 0. The minimum absolute atomic E-state index is 0.267. The standard InChI is InChI=1S/C11H13NO2/c1-8(13)14-11-5-3-2-4-9(11)10-6-7-12-10/h2-5,10,12H,6-7H2,1H3/t10-/m0/s1. The molecule has 0 amide bonds. The van der Waals surface area contributed by atoms with E-state index in [0.29, 0.717) is 11.8 Å². The van der Waals surface area contributed by atoms with Crippen LogP contribution < -0.4 is 10.1 Å². The van der Waals surface area contributed by atoms with Crippen LogP contribution >= 0.6 is 0 Å². The topological polar surface area (TPSA) is 38.3 Å². The average Bonchev–Trinajstić information content (AvgIpc) is 2.04. The summed E-state index contributed by atoms with van der Waals surface area (Å²) < 4.78 is 5.12. The second kappa shape index (κ2) is 3.80. The van der Waals surface area contributed by atoms with Crippen LogP contribution in [0.5, 0.6) is 5.75 Å². The highest BCUT2D eigenvalue weighted by atomic mass is 16.5. The second-order valence-electron chi connectivity index (χ2n) is 3.43. The van der Waals surface area contributed by atoms with E-state index in [-0.39, 0.29) is 5.97 Å². The minimum atomic E-state index is -0.267. The van der Waals surface area contributed by atoms with Gasteiger partial charge in [-0.05, 0) is 19.0 Å². The Labute approximate surface area is 83.1 Å². The maximum atomic E-state index is 10.9. The van der Waals surface area contributed by atoms with Gasteiger partial charge in [0.25, 0.3) is 0 Å². The number of hydrogen-bond donors (Lipinski definition) is 1. The van der Waals surface area contributed by atoms with Crippen LogP contribution in [-0.2, 0) is 4.79 Å². The molecule has 2 rings (SSSR count). The van der Waals surface area contributed by atoms with E-state index in [1.807, 2.05) is 24.3 Å².